The molecule has 4 rings (SSSR count). The number of rotatable bonds is 17. The predicted octanol–water partition coefficient (Wildman–Crippen LogP) is -12.1. The van der Waals surface area contributed by atoms with Gasteiger partial charge in [-0.05, 0) is 0 Å². The molecule has 4 aliphatic rings. The van der Waals surface area contributed by atoms with E-state index in [2.05, 4.69) is 0 Å². The van der Waals surface area contributed by atoms with E-state index in [9.17, 15) is 91.6 Å². The summed E-state index contributed by atoms with van der Waals surface area (Å²) in [5.74, 6) is 0. The zero-order chi connectivity index (χ0) is 41.8. The smallest absolute Gasteiger partial charge is 0.187 e. The lowest BCUT2D eigenvalue weighted by molar-refractivity contribution is -0.374. The van der Waals surface area contributed by atoms with Gasteiger partial charge in [0.05, 0.1) is 33.0 Å². The Morgan fingerprint density at radius 1 is 0.393 bits per heavy atom. The van der Waals surface area contributed by atoms with Gasteiger partial charge in [-0.2, -0.15) is 0 Å². The van der Waals surface area contributed by atoms with Crippen LogP contribution in [-0.2, 0) is 42.7 Å². The van der Waals surface area contributed by atoms with Crippen LogP contribution in [0.25, 0.3) is 0 Å². The molecule has 17 N–H and O–H groups in total. The number of hydrogen-bond donors (Lipinski definition) is 17. The molecule has 0 spiro atoms. The third-order valence-corrected chi connectivity index (χ3v) is 9.90. The monoisotopic (exact) mass is 828 g/mol. The second-order valence-corrected chi connectivity index (χ2v) is 13.6. The van der Waals surface area contributed by atoms with E-state index in [-0.39, 0.29) is 6.29 Å². The molecule has 4 heterocycles. The summed E-state index contributed by atoms with van der Waals surface area (Å²) in [4.78, 5) is 12.9. The van der Waals surface area contributed by atoms with Crippen LogP contribution < -0.4 is 0 Å². The van der Waals surface area contributed by atoms with Gasteiger partial charge in [0, 0.05) is 0 Å². The van der Waals surface area contributed by atoms with Crippen LogP contribution in [0.1, 0.15) is 0 Å². The lowest BCUT2D eigenvalue weighted by Gasteiger charge is -2.47. The van der Waals surface area contributed by atoms with Crippen LogP contribution in [0.3, 0.4) is 0 Å². The van der Waals surface area contributed by atoms with Crippen molar-refractivity contribution < 1.29 is 130 Å². The van der Waals surface area contributed by atoms with Crippen molar-refractivity contribution in [3.05, 3.63) is 0 Å². The van der Waals surface area contributed by atoms with Crippen LogP contribution in [0.15, 0.2) is 0 Å². The minimum absolute atomic E-state index is 0.0952. The molecule has 0 unspecified atom stereocenters. The summed E-state index contributed by atoms with van der Waals surface area (Å²) in [5, 5.41) is 176. The number of carbonyl (C=O) groups is 1. The molecule has 0 amide bonds. The zero-order valence-corrected chi connectivity index (χ0v) is 29.2. The van der Waals surface area contributed by atoms with Gasteiger partial charge >= 0.3 is 0 Å². The topological polar surface area (TPSA) is 435 Å². The highest BCUT2D eigenvalue weighted by molar-refractivity contribution is 5.57. The molecule has 24 atom stereocenters. The molecule has 0 aromatic heterocycles. The van der Waals surface area contributed by atoms with Crippen LogP contribution in [-0.4, -0.2) is 273 Å². The Morgan fingerprint density at radius 2 is 0.679 bits per heavy atom. The first-order valence-electron chi connectivity index (χ1n) is 17.4. The third-order valence-electron chi connectivity index (χ3n) is 9.90. The van der Waals surface area contributed by atoms with Gasteiger partial charge in [0.25, 0.3) is 0 Å². The number of hydrogen-bond acceptors (Lipinski definition) is 26. The first kappa shape index (κ1) is 47.3. The molecule has 328 valence electrons. The predicted molar refractivity (Wildman–Crippen MR) is 168 cm³/mol. The highest BCUT2D eigenvalue weighted by Crippen LogP contribution is 2.33. The first-order valence-corrected chi connectivity index (χ1v) is 17.4. The maximum Gasteiger partial charge on any atom is 0.187 e. The molecule has 4 fully saturated rings. The molecule has 4 aliphatic heterocycles. The molecule has 0 aliphatic carbocycles. The molecule has 0 aromatic rings. The van der Waals surface area contributed by atoms with Crippen molar-refractivity contribution in [1.29, 1.82) is 0 Å². The lowest BCUT2D eigenvalue weighted by atomic mass is 9.96. The number of carbonyl (C=O) groups excluding carboxylic acids is 1. The van der Waals surface area contributed by atoms with Gasteiger partial charge in [-0.25, -0.2) is 0 Å². The standard InChI is InChI=1S/C30H52O26/c31-1-7-13(37)17(41)21(45)27(49-7)53-11(5-35)25(55-29-23(47)19(43)15(39)9(3-33)51-29)26(56-30-24(48)20(44)16(40)10(4-34)52-30)12(6-36)54-28-22(46)18(42)14(38)8(2-32)50-28/h5,7-34,36-48H,1-4,6H2/t7-,8-,9-,10-,11+,12-,13+,14+,15+,16+,17+,18+,19+,20+,21-,22-,23-,24-,25-,26-,27-,28-,29-,30-/m1/s1. The molecule has 4 saturated heterocycles. The van der Waals surface area contributed by atoms with Crippen molar-refractivity contribution in [1.82, 2.24) is 0 Å². The summed E-state index contributed by atoms with van der Waals surface area (Å²) in [5.41, 5.74) is 0. The number of aliphatic hydroxyl groups is 17. The molecule has 0 saturated carbocycles. The van der Waals surface area contributed by atoms with Crippen LogP contribution in [0.5, 0.6) is 0 Å². The van der Waals surface area contributed by atoms with Crippen molar-refractivity contribution in [2.75, 3.05) is 33.0 Å². The van der Waals surface area contributed by atoms with E-state index < -0.39 is 180 Å². The quantitative estimate of drug-likeness (QED) is 0.0605. The Balaban J connectivity index is 1.83. The van der Waals surface area contributed by atoms with E-state index in [1.165, 1.54) is 0 Å². The largest absolute Gasteiger partial charge is 0.394 e. The van der Waals surface area contributed by atoms with Crippen LogP contribution in [0, 0.1) is 0 Å². The fraction of sp³-hybridized carbons (Fsp3) is 0.967. The van der Waals surface area contributed by atoms with Crippen molar-refractivity contribution in [3.8, 4) is 0 Å². The van der Waals surface area contributed by atoms with Crippen molar-refractivity contribution in [2.24, 2.45) is 0 Å². The van der Waals surface area contributed by atoms with Crippen LogP contribution >= 0.6 is 0 Å². The lowest BCUT2D eigenvalue weighted by Crippen LogP contribution is -2.66. The number of aldehydes is 1. The average Bonchev–Trinajstić information content (AvgIpc) is 3.20. The zero-order valence-electron chi connectivity index (χ0n) is 29.2. The average molecular weight is 829 g/mol. The van der Waals surface area contributed by atoms with E-state index in [1.807, 2.05) is 0 Å². The summed E-state index contributed by atoms with van der Waals surface area (Å²) in [6.07, 6.45) is -49.4. The van der Waals surface area contributed by atoms with E-state index in [0.29, 0.717) is 0 Å². The molecule has 0 bridgehead atoms. The van der Waals surface area contributed by atoms with Gasteiger partial charge < -0.3 is 130 Å². The third kappa shape index (κ3) is 9.99. The van der Waals surface area contributed by atoms with E-state index >= 15 is 0 Å². The molecule has 0 aromatic carbocycles. The Kier molecular flexibility index (Phi) is 17.6. The van der Waals surface area contributed by atoms with Crippen LogP contribution in [0.4, 0.5) is 0 Å². The minimum atomic E-state index is -2.37. The van der Waals surface area contributed by atoms with Crippen LogP contribution in [0.2, 0.25) is 0 Å². The first-order chi connectivity index (χ1) is 26.5. The maximum atomic E-state index is 12.9. The summed E-state index contributed by atoms with van der Waals surface area (Å²) in [6, 6.07) is 0. The summed E-state index contributed by atoms with van der Waals surface area (Å²) in [7, 11) is 0. The normalized spacial score (nSPS) is 47.2. The van der Waals surface area contributed by atoms with Crippen molar-refractivity contribution in [3.63, 3.8) is 0 Å². The molecule has 26 nitrogen and oxygen atoms in total. The van der Waals surface area contributed by atoms with Gasteiger partial charge in [-0.15, -0.1) is 0 Å². The van der Waals surface area contributed by atoms with E-state index in [0.717, 1.165) is 0 Å². The van der Waals surface area contributed by atoms with Gasteiger partial charge in [0.15, 0.2) is 31.4 Å². The Labute approximate surface area is 316 Å². The minimum Gasteiger partial charge on any atom is -0.394 e. The van der Waals surface area contributed by atoms with Crippen molar-refractivity contribution in [2.45, 2.75) is 147 Å². The Bertz CT molecular complexity index is 1180. The SMILES string of the molecule is O=C[C@H](O[C@H]1O[C@H](CO)[C@H](O)[C@H](O)[C@H]1O)[C@@H](O[C@H]1O[C@H](CO)[C@H](O)[C@H](O)[C@H]1O)[C@H](O[C@H]1O[C@H](CO)[C@H](O)[C@H](O)[C@H]1O)[C@@H](CO)O[C@H]1O[C@H](CO)[C@H](O)[C@H](O)[C@H]1O. The van der Waals surface area contributed by atoms with Gasteiger partial charge in [0.2, 0.25) is 0 Å². The van der Waals surface area contributed by atoms with Gasteiger partial charge in [-0.1, -0.05) is 0 Å². The molecular weight excluding hydrogens is 776 g/mol. The Morgan fingerprint density at radius 3 is 0.964 bits per heavy atom. The second kappa shape index (κ2) is 20.8. The van der Waals surface area contributed by atoms with Crippen molar-refractivity contribution >= 4 is 6.29 Å². The molecular formula is C30H52O26. The summed E-state index contributed by atoms with van der Waals surface area (Å²) >= 11 is 0. The fourth-order valence-electron chi connectivity index (χ4n) is 6.49. The van der Waals surface area contributed by atoms with E-state index in [1.54, 1.807) is 0 Å². The molecule has 56 heavy (non-hydrogen) atoms. The summed E-state index contributed by atoms with van der Waals surface area (Å²) < 4.78 is 44.5. The number of ether oxygens (including phenoxy) is 8. The van der Waals surface area contributed by atoms with Gasteiger partial charge in [0.1, 0.15) is 122 Å². The second-order valence-electron chi connectivity index (χ2n) is 13.6. The van der Waals surface area contributed by atoms with E-state index in [4.69, 9.17) is 37.9 Å². The molecule has 26 heteroatoms. The fourth-order valence-corrected chi connectivity index (χ4v) is 6.49. The summed E-state index contributed by atoms with van der Waals surface area (Å²) in [6.45, 7) is -5.23. The Hall–Kier alpha value is -1.33. The highest BCUT2D eigenvalue weighted by atomic mass is 16.8. The number of aliphatic hydroxyl groups excluding tert-OH is 17. The maximum absolute atomic E-state index is 12.9. The van der Waals surface area contributed by atoms with Gasteiger partial charge in [-0.3, -0.25) is 0 Å². The molecule has 0 radical (unpaired) electrons. The highest BCUT2D eigenvalue weighted by Gasteiger charge is 2.54.